The first-order chi connectivity index (χ1) is 9.71. The smallest absolute Gasteiger partial charge is 0.322 e. The van der Waals surface area contributed by atoms with E-state index in [0.717, 1.165) is 4.31 Å². The molecule has 0 aromatic carbocycles. The number of carboxylic acid groups (broad SMARTS) is 1. The fraction of sp³-hybridized carbons (Fsp3) is 0.923. The van der Waals surface area contributed by atoms with Crippen LogP contribution in [0, 0.1) is 5.92 Å². The highest BCUT2D eigenvalue weighted by Gasteiger charge is 2.43. The van der Waals surface area contributed by atoms with Crippen molar-refractivity contribution in [2.24, 2.45) is 5.92 Å². The van der Waals surface area contributed by atoms with Gasteiger partial charge in [-0.1, -0.05) is 6.92 Å². The summed E-state index contributed by atoms with van der Waals surface area (Å²) in [6.45, 7) is 6.41. The molecule has 8 heteroatoms. The average Bonchev–Trinajstić information content (AvgIpc) is 2.37. The molecular formula is C13H24N2O5S. The number of ether oxygens (including phenoxy) is 1. The summed E-state index contributed by atoms with van der Waals surface area (Å²) in [4.78, 5) is 11.4. The van der Waals surface area contributed by atoms with Crippen molar-refractivity contribution in [3.63, 3.8) is 0 Å². The van der Waals surface area contributed by atoms with Gasteiger partial charge in [0, 0.05) is 19.6 Å². The van der Waals surface area contributed by atoms with Crippen LogP contribution in [0.3, 0.4) is 0 Å². The van der Waals surface area contributed by atoms with Crippen molar-refractivity contribution in [3.8, 4) is 0 Å². The van der Waals surface area contributed by atoms with E-state index in [-0.39, 0.29) is 37.8 Å². The zero-order valence-corrected chi connectivity index (χ0v) is 13.5. The Balaban J connectivity index is 2.22. The number of hydrogen-bond donors (Lipinski definition) is 1. The highest BCUT2D eigenvalue weighted by molar-refractivity contribution is 7.86. The highest BCUT2D eigenvalue weighted by Crippen LogP contribution is 2.28. The second-order valence-corrected chi connectivity index (χ2v) is 8.06. The van der Waals surface area contributed by atoms with E-state index in [1.807, 2.05) is 20.8 Å². The molecule has 21 heavy (non-hydrogen) atoms. The lowest BCUT2D eigenvalue weighted by atomic mass is 9.94. The Bertz CT molecular complexity index is 485. The molecular weight excluding hydrogens is 296 g/mol. The predicted octanol–water partition coefficient (Wildman–Crippen LogP) is 0.526. The lowest BCUT2D eigenvalue weighted by Gasteiger charge is -2.41. The summed E-state index contributed by atoms with van der Waals surface area (Å²) in [5.74, 6) is -0.848. The summed E-state index contributed by atoms with van der Waals surface area (Å²) in [7, 11) is -3.76. The maximum absolute atomic E-state index is 12.8. The van der Waals surface area contributed by atoms with Crippen LogP contribution in [0.15, 0.2) is 0 Å². The van der Waals surface area contributed by atoms with Crippen LogP contribution in [0.5, 0.6) is 0 Å². The molecule has 0 aromatic rings. The SMILES string of the molecule is CC1CCN(S(=O)(=O)N2CC(C)OC(C)C2)C(C(=O)O)C1. The van der Waals surface area contributed by atoms with Crippen LogP contribution in [0.4, 0.5) is 0 Å². The van der Waals surface area contributed by atoms with Crippen molar-refractivity contribution < 1.29 is 23.1 Å². The van der Waals surface area contributed by atoms with Crippen LogP contribution in [-0.4, -0.2) is 66.0 Å². The van der Waals surface area contributed by atoms with E-state index in [9.17, 15) is 18.3 Å². The molecule has 2 fully saturated rings. The van der Waals surface area contributed by atoms with Crippen molar-refractivity contribution in [1.29, 1.82) is 0 Å². The minimum Gasteiger partial charge on any atom is -0.480 e. The summed E-state index contributed by atoms with van der Waals surface area (Å²) in [5.41, 5.74) is 0. The largest absolute Gasteiger partial charge is 0.480 e. The molecule has 7 nitrogen and oxygen atoms in total. The summed E-state index contributed by atoms with van der Waals surface area (Å²) in [5, 5.41) is 9.34. The van der Waals surface area contributed by atoms with Crippen molar-refractivity contribution in [2.45, 2.75) is 51.9 Å². The zero-order chi connectivity index (χ0) is 15.8. The van der Waals surface area contributed by atoms with Crippen LogP contribution in [0.25, 0.3) is 0 Å². The predicted molar refractivity (Wildman–Crippen MR) is 77.0 cm³/mol. The molecule has 2 aliphatic rings. The Morgan fingerprint density at radius 1 is 1.19 bits per heavy atom. The Kier molecular flexibility index (Phi) is 4.92. The number of piperidine rings is 1. The molecule has 2 saturated heterocycles. The Morgan fingerprint density at radius 3 is 2.29 bits per heavy atom. The monoisotopic (exact) mass is 320 g/mol. The van der Waals surface area contributed by atoms with E-state index in [1.165, 1.54) is 4.31 Å². The number of carboxylic acids is 1. The zero-order valence-electron chi connectivity index (χ0n) is 12.7. The van der Waals surface area contributed by atoms with E-state index in [0.29, 0.717) is 12.8 Å². The van der Waals surface area contributed by atoms with E-state index in [4.69, 9.17) is 4.74 Å². The molecule has 0 saturated carbocycles. The van der Waals surface area contributed by atoms with Gasteiger partial charge in [0.1, 0.15) is 6.04 Å². The highest BCUT2D eigenvalue weighted by atomic mass is 32.2. The van der Waals surface area contributed by atoms with Gasteiger partial charge in [0.25, 0.3) is 10.2 Å². The van der Waals surface area contributed by atoms with Crippen LogP contribution >= 0.6 is 0 Å². The van der Waals surface area contributed by atoms with Gasteiger partial charge in [-0.3, -0.25) is 4.79 Å². The number of rotatable bonds is 3. The number of hydrogen-bond acceptors (Lipinski definition) is 4. The van der Waals surface area contributed by atoms with Gasteiger partial charge in [-0.05, 0) is 32.6 Å². The maximum atomic E-state index is 12.8. The van der Waals surface area contributed by atoms with Gasteiger partial charge in [-0.25, -0.2) is 0 Å². The molecule has 0 aliphatic carbocycles. The van der Waals surface area contributed by atoms with Crippen LogP contribution in [0.1, 0.15) is 33.6 Å². The van der Waals surface area contributed by atoms with Gasteiger partial charge in [-0.2, -0.15) is 17.0 Å². The summed E-state index contributed by atoms with van der Waals surface area (Å²) in [6, 6.07) is -0.966. The van der Waals surface area contributed by atoms with Gasteiger partial charge in [0.15, 0.2) is 0 Å². The summed E-state index contributed by atoms with van der Waals surface area (Å²) >= 11 is 0. The number of carbonyl (C=O) groups is 1. The molecule has 2 rings (SSSR count). The van der Waals surface area contributed by atoms with E-state index < -0.39 is 22.2 Å². The number of nitrogens with zero attached hydrogens (tertiary/aromatic N) is 2. The molecule has 0 bridgehead atoms. The van der Waals surface area contributed by atoms with Crippen LogP contribution in [0.2, 0.25) is 0 Å². The summed E-state index contributed by atoms with van der Waals surface area (Å²) in [6.07, 6.45) is 0.689. The van der Waals surface area contributed by atoms with Gasteiger partial charge < -0.3 is 9.84 Å². The molecule has 0 aromatic heterocycles. The third kappa shape index (κ3) is 3.56. The fourth-order valence-electron chi connectivity index (χ4n) is 3.09. The summed E-state index contributed by atoms with van der Waals surface area (Å²) < 4.78 is 33.6. The first-order valence-electron chi connectivity index (χ1n) is 7.37. The lowest BCUT2D eigenvalue weighted by molar-refractivity contribution is -0.143. The fourth-order valence-corrected chi connectivity index (χ4v) is 5.01. The molecule has 2 aliphatic heterocycles. The lowest BCUT2D eigenvalue weighted by Crippen LogP contribution is -2.58. The first-order valence-corrected chi connectivity index (χ1v) is 8.76. The average molecular weight is 320 g/mol. The Labute approximate surface area is 126 Å². The standard InChI is InChI=1S/C13H24N2O5S/c1-9-4-5-15(12(6-9)13(16)17)21(18,19)14-7-10(2)20-11(3)8-14/h9-12H,4-8H2,1-3H3,(H,16,17). The number of morpholine rings is 1. The van der Waals surface area contributed by atoms with Gasteiger partial charge >= 0.3 is 5.97 Å². The molecule has 0 amide bonds. The second-order valence-electron chi connectivity index (χ2n) is 6.18. The quantitative estimate of drug-likeness (QED) is 0.819. The molecule has 4 atom stereocenters. The molecule has 1 N–H and O–H groups in total. The van der Waals surface area contributed by atoms with Crippen molar-refractivity contribution in [1.82, 2.24) is 8.61 Å². The maximum Gasteiger partial charge on any atom is 0.322 e. The van der Waals surface area contributed by atoms with E-state index in [1.54, 1.807) is 0 Å². The Hall–Kier alpha value is -0.700. The van der Waals surface area contributed by atoms with Gasteiger partial charge in [0.2, 0.25) is 0 Å². The number of aliphatic carboxylic acids is 1. The van der Waals surface area contributed by atoms with Crippen LogP contribution in [-0.2, 0) is 19.7 Å². The van der Waals surface area contributed by atoms with Crippen molar-refractivity contribution in [3.05, 3.63) is 0 Å². The van der Waals surface area contributed by atoms with Crippen LogP contribution < -0.4 is 0 Å². The third-order valence-corrected chi connectivity index (χ3v) is 6.09. The topological polar surface area (TPSA) is 87.2 Å². The normalized spacial score (nSPS) is 36.5. The third-order valence-electron chi connectivity index (χ3n) is 4.11. The van der Waals surface area contributed by atoms with Gasteiger partial charge in [-0.15, -0.1) is 0 Å². The molecule has 2 heterocycles. The molecule has 4 unspecified atom stereocenters. The van der Waals surface area contributed by atoms with E-state index >= 15 is 0 Å². The minimum atomic E-state index is -3.76. The Morgan fingerprint density at radius 2 is 1.76 bits per heavy atom. The minimum absolute atomic E-state index is 0.185. The van der Waals surface area contributed by atoms with E-state index in [2.05, 4.69) is 0 Å². The first kappa shape index (κ1) is 16.7. The van der Waals surface area contributed by atoms with Gasteiger partial charge in [0.05, 0.1) is 12.2 Å². The molecule has 0 spiro atoms. The van der Waals surface area contributed by atoms with Crippen molar-refractivity contribution >= 4 is 16.2 Å². The van der Waals surface area contributed by atoms with Crippen molar-refractivity contribution in [2.75, 3.05) is 19.6 Å². The molecule has 122 valence electrons. The second kappa shape index (κ2) is 6.20. The molecule has 0 radical (unpaired) electrons.